The third-order valence-corrected chi connectivity index (χ3v) is 3.85. The van der Waals surface area contributed by atoms with Crippen LogP contribution in [0.15, 0.2) is 18.2 Å². The van der Waals surface area contributed by atoms with Crippen molar-refractivity contribution in [3.8, 4) is 0 Å². The van der Waals surface area contributed by atoms with E-state index in [0.29, 0.717) is 12.3 Å². The Bertz CT molecular complexity index is 540. The van der Waals surface area contributed by atoms with E-state index in [0.717, 1.165) is 5.52 Å². The lowest BCUT2D eigenvalue weighted by Crippen LogP contribution is -2.13. The molecule has 3 rings (SSSR count). The second kappa shape index (κ2) is 4.15. The molecule has 1 saturated carbocycles. The summed E-state index contributed by atoms with van der Waals surface area (Å²) in [6.07, 6.45) is 4.61. The largest absolute Gasteiger partial charge is 0.396 e. The second-order valence-electron chi connectivity index (χ2n) is 4.95. The first-order valence-corrected chi connectivity index (χ1v) is 6.35. The van der Waals surface area contributed by atoms with Crippen molar-refractivity contribution in [2.45, 2.75) is 31.6 Å². The molecule has 2 aromatic rings. The van der Waals surface area contributed by atoms with Crippen molar-refractivity contribution in [2.75, 3.05) is 6.61 Å². The topological polar surface area (TPSA) is 38.0 Å². The summed E-state index contributed by atoms with van der Waals surface area (Å²) in [6, 6.07) is 6.31. The normalized spacial score (nSPS) is 16.4. The lowest BCUT2D eigenvalue weighted by molar-refractivity contribution is 0.299. The van der Waals surface area contributed by atoms with Crippen LogP contribution >= 0.6 is 0 Å². The summed E-state index contributed by atoms with van der Waals surface area (Å²) in [5.41, 5.74) is 3.44. The highest BCUT2D eigenvalue weighted by atomic mass is 16.2. The number of aryl methyl sites for hydroxylation is 1. The van der Waals surface area contributed by atoms with Crippen molar-refractivity contribution in [1.29, 1.82) is 0 Å². The summed E-state index contributed by atoms with van der Waals surface area (Å²) in [7, 11) is 2.11. The molecule has 1 aromatic carbocycles. The lowest BCUT2D eigenvalue weighted by atomic mass is 9.85. The molecule has 0 saturated heterocycles. The van der Waals surface area contributed by atoms with Gasteiger partial charge in [-0.3, -0.25) is 0 Å². The number of aliphatic hydroxyl groups is 1. The Balaban J connectivity index is 2.05. The Morgan fingerprint density at radius 3 is 2.88 bits per heavy atom. The molecule has 0 bridgehead atoms. The van der Waals surface area contributed by atoms with Crippen LogP contribution in [0.2, 0.25) is 0 Å². The molecule has 1 aliphatic carbocycles. The van der Waals surface area contributed by atoms with E-state index in [9.17, 15) is 0 Å². The zero-order valence-electron chi connectivity index (χ0n) is 10.2. The maximum Gasteiger partial charge on any atom is 0.112 e. The lowest BCUT2D eigenvalue weighted by Gasteiger charge is -2.24. The Morgan fingerprint density at radius 1 is 1.41 bits per heavy atom. The number of hydrogen-bond donors (Lipinski definition) is 1. The highest BCUT2D eigenvalue weighted by Crippen LogP contribution is 2.36. The average molecular weight is 230 g/mol. The molecule has 1 fully saturated rings. The van der Waals surface area contributed by atoms with Crippen LogP contribution in [-0.4, -0.2) is 21.3 Å². The minimum Gasteiger partial charge on any atom is -0.396 e. The van der Waals surface area contributed by atoms with E-state index in [-0.39, 0.29) is 6.61 Å². The number of imidazole rings is 1. The fraction of sp³-hybridized carbons (Fsp3) is 0.500. The first-order valence-electron chi connectivity index (χ1n) is 6.35. The van der Waals surface area contributed by atoms with Gasteiger partial charge < -0.3 is 9.67 Å². The zero-order chi connectivity index (χ0) is 11.8. The first kappa shape index (κ1) is 10.8. The number of aromatic nitrogens is 2. The predicted molar refractivity (Wildman–Crippen MR) is 68.1 cm³/mol. The van der Waals surface area contributed by atoms with Gasteiger partial charge in [-0.2, -0.15) is 0 Å². The highest BCUT2D eigenvalue weighted by molar-refractivity contribution is 5.77. The number of fused-ring (bicyclic) bond motifs is 1. The third kappa shape index (κ3) is 1.75. The molecule has 90 valence electrons. The number of nitrogens with zero attached hydrogens (tertiary/aromatic N) is 2. The Labute approximate surface area is 101 Å². The van der Waals surface area contributed by atoms with E-state index in [2.05, 4.69) is 29.8 Å². The smallest absolute Gasteiger partial charge is 0.112 e. The van der Waals surface area contributed by atoms with E-state index < -0.39 is 0 Å². The van der Waals surface area contributed by atoms with Crippen LogP contribution in [-0.2, 0) is 13.5 Å². The van der Waals surface area contributed by atoms with Gasteiger partial charge in [0.1, 0.15) is 5.82 Å². The van der Waals surface area contributed by atoms with Crippen LogP contribution in [0.5, 0.6) is 0 Å². The van der Waals surface area contributed by atoms with Crippen molar-refractivity contribution in [3.05, 3.63) is 29.6 Å². The molecule has 3 nitrogen and oxygen atoms in total. The van der Waals surface area contributed by atoms with Crippen molar-refractivity contribution in [3.63, 3.8) is 0 Å². The Kier molecular flexibility index (Phi) is 2.63. The molecule has 1 aliphatic rings. The summed E-state index contributed by atoms with van der Waals surface area (Å²) < 4.78 is 2.22. The molecule has 0 unspecified atom stereocenters. The molecule has 1 aromatic heterocycles. The standard InChI is InChI=1S/C14H18N2O/c1-16-13-6-5-10(7-8-17)9-12(13)15-14(16)11-3-2-4-11/h5-6,9,11,17H,2-4,7-8H2,1H3. The molecule has 1 N–H and O–H groups in total. The molecule has 0 aliphatic heterocycles. The molecule has 0 spiro atoms. The third-order valence-electron chi connectivity index (χ3n) is 3.85. The SMILES string of the molecule is Cn1c(C2CCC2)nc2cc(CCO)ccc21. The van der Waals surface area contributed by atoms with Gasteiger partial charge in [-0.25, -0.2) is 4.98 Å². The molecular formula is C14H18N2O. The van der Waals surface area contributed by atoms with Gasteiger partial charge in [0.25, 0.3) is 0 Å². The summed E-state index contributed by atoms with van der Waals surface area (Å²) in [5.74, 6) is 1.89. The summed E-state index contributed by atoms with van der Waals surface area (Å²) in [4.78, 5) is 4.76. The quantitative estimate of drug-likeness (QED) is 0.879. The minimum atomic E-state index is 0.202. The number of hydrogen-bond acceptors (Lipinski definition) is 2. The monoisotopic (exact) mass is 230 g/mol. The van der Waals surface area contributed by atoms with Gasteiger partial charge >= 0.3 is 0 Å². The number of aliphatic hydroxyl groups excluding tert-OH is 1. The van der Waals surface area contributed by atoms with Gasteiger partial charge in [-0.1, -0.05) is 12.5 Å². The van der Waals surface area contributed by atoms with Gasteiger partial charge in [0.15, 0.2) is 0 Å². The van der Waals surface area contributed by atoms with Crippen LogP contribution in [0, 0.1) is 0 Å². The maximum absolute atomic E-state index is 8.96. The number of benzene rings is 1. The predicted octanol–water partition coefficient (Wildman–Crippen LogP) is 2.38. The first-order chi connectivity index (χ1) is 8.29. The molecular weight excluding hydrogens is 212 g/mol. The van der Waals surface area contributed by atoms with Crippen LogP contribution < -0.4 is 0 Å². The van der Waals surface area contributed by atoms with Crippen molar-refractivity contribution in [2.24, 2.45) is 7.05 Å². The van der Waals surface area contributed by atoms with Crippen LogP contribution in [0.4, 0.5) is 0 Å². The van der Waals surface area contributed by atoms with E-state index in [1.54, 1.807) is 0 Å². The van der Waals surface area contributed by atoms with Crippen molar-refractivity contribution >= 4 is 11.0 Å². The molecule has 0 amide bonds. The fourth-order valence-electron chi connectivity index (χ4n) is 2.58. The maximum atomic E-state index is 8.96. The van der Waals surface area contributed by atoms with Crippen molar-refractivity contribution in [1.82, 2.24) is 9.55 Å². The van der Waals surface area contributed by atoms with Gasteiger partial charge in [-0.05, 0) is 37.0 Å². The minimum absolute atomic E-state index is 0.202. The van der Waals surface area contributed by atoms with Gasteiger partial charge in [0.05, 0.1) is 11.0 Å². The van der Waals surface area contributed by atoms with E-state index in [1.807, 2.05) is 0 Å². The molecule has 1 heterocycles. The van der Waals surface area contributed by atoms with Crippen LogP contribution in [0.25, 0.3) is 11.0 Å². The summed E-state index contributed by atoms with van der Waals surface area (Å²) >= 11 is 0. The van der Waals surface area contributed by atoms with Gasteiger partial charge in [0.2, 0.25) is 0 Å². The zero-order valence-corrected chi connectivity index (χ0v) is 10.2. The van der Waals surface area contributed by atoms with Crippen molar-refractivity contribution < 1.29 is 5.11 Å². The summed E-state index contributed by atoms with van der Waals surface area (Å²) in [5, 5.41) is 8.96. The summed E-state index contributed by atoms with van der Waals surface area (Å²) in [6.45, 7) is 0.202. The molecule has 3 heteroatoms. The van der Waals surface area contributed by atoms with E-state index in [4.69, 9.17) is 10.1 Å². The Hall–Kier alpha value is -1.35. The average Bonchev–Trinajstić information content (AvgIpc) is 2.54. The highest BCUT2D eigenvalue weighted by Gasteiger charge is 2.24. The van der Waals surface area contributed by atoms with Crippen LogP contribution in [0.3, 0.4) is 0 Å². The van der Waals surface area contributed by atoms with E-state index in [1.165, 1.54) is 36.2 Å². The fourth-order valence-corrected chi connectivity index (χ4v) is 2.58. The molecule has 17 heavy (non-hydrogen) atoms. The molecule has 0 atom stereocenters. The van der Waals surface area contributed by atoms with E-state index >= 15 is 0 Å². The number of rotatable bonds is 3. The van der Waals surface area contributed by atoms with Gasteiger partial charge in [0, 0.05) is 19.6 Å². The second-order valence-corrected chi connectivity index (χ2v) is 4.95. The van der Waals surface area contributed by atoms with Gasteiger partial charge in [-0.15, -0.1) is 0 Å². The Morgan fingerprint density at radius 2 is 2.24 bits per heavy atom. The molecule has 0 radical (unpaired) electrons. The van der Waals surface area contributed by atoms with Crippen LogP contribution in [0.1, 0.15) is 36.6 Å².